The monoisotopic (exact) mass is 553 g/mol. The third kappa shape index (κ3) is 4.34. The van der Waals surface area contributed by atoms with Gasteiger partial charge in [-0.25, -0.2) is 4.90 Å². The first-order valence-electron chi connectivity index (χ1n) is 9.54. The average Bonchev–Trinajstić information content (AvgIpc) is 2.94. The Morgan fingerprint density at radius 3 is 2.20 bits per heavy atom. The Hall–Kier alpha value is -1.70. The van der Waals surface area contributed by atoms with Gasteiger partial charge in [0.2, 0.25) is 11.8 Å². The van der Waals surface area contributed by atoms with Crippen LogP contribution in [-0.4, -0.2) is 27.4 Å². The van der Waals surface area contributed by atoms with Crippen molar-refractivity contribution in [1.29, 1.82) is 0 Å². The first kappa shape index (κ1) is 21.5. The molecule has 0 bridgehead atoms. The predicted octanol–water partition coefficient (Wildman–Crippen LogP) is 4.91. The van der Waals surface area contributed by atoms with Crippen molar-refractivity contribution in [1.82, 2.24) is 0 Å². The van der Waals surface area contributed by atoms with E-state index in [9.17, 15) is 14.4 Å². The Labute approximate surface area is 196 Å². The van der Waals surface area contributed by atoms with Crippen LogP contribution in [0.15, 0.2) is 48.5 Å². The van der Waals surface area contributed by atoms with Crippen LogP contribution < -0.4 is 9.64 Å². The summed E-state index contributed by atoms with van der Waals surface area (Å²) in [5, 5.41) is 0.595. The molecule has 1 saturated heterocycles. The molecule has 5 nitrogen and oxygen atoms in total. The molecule has 156 valence electrons. The number of benzene rings is 2. The molecule has 4 atom stereocenters. The summed E-state index contributed by atoms with van der Waals surface area (Å²) in [5.41, 5.74) is 1.21. The lowest BCUT2D eigenvalue weighted by Gasteiger charge is -2.29. The SMILES string of the molecule is O=C(Cc1ccc(Cl)cc1)Oc1cccc(N2C(=O)C3CC(Br)C(Br)CC3C2=O)c1. The van der Waals surface area contributed by atoms with E-state index in [1.165, 1.54) is 4.90 Å². The molecule has 8 heteroatoms. The number of alkyl halides is 2. The van der Waals surface area contributed by atoms with Gasteiger partial charge in [-0.15, -0.1) is 0 Å². The number of esters is 1. The fourth-order valence-corrected chi connectivity index (χ4v) is 5.34. The molecule has 2 fully saturated rings. The summed E-state index contributed by atoms with van der Waals surface area (Å²) >= 11 is 13.0. The van der Waals surface area contributed by atoms with Gasteiger partial charge in [-0.05, 0) is 42.7 Å². The summed E-state index contributed by atoms with van der Waals surface area (Å²) in [6.07, 6.45) is 1.31. The number of amides is 2. The standard InChI is InChI=1S/C22H18Br2ClNO4/c23-18-10-16-17(11-19(18)24)22(29)26(21(16)28)14-2-1-3-15(9-14)30-20(27)8-12-4-6-13(25)7-5-12/h1-7,9,16-19H,8,10-11H2. The number of fused-ring (bicyclic) bond motifs is 1. The Morgan fingerprint density at radius 2 is 1.60 bits per heavy atom. The molecule has 30 heavy (non-hydrogen) atoms. The van der Waals surface area contributed by atoms with Crippen molar-refractivity contribution in [2.75, 3.05) is 4.90 Å². The third-order valence-electron chi connectivity index (χ3n) is 5.48. The van der Waals surface area contributed by atoms with Gasteiger partial charge in [0.15, 0.2) is 0 Å². The van der Waals surface area contributed by atoms with Gasteiger partial charge in [0.1, 0.15) is 5.75 Å². The van der Waals surface area contributed by atoms with Crippen molar-refractivity contribution in [3.8, 4) is 5.75 Å². The summed E-state index contributed by atoms with van der Waals surface area (Å²) in [6, 6.07) is 13.5. The van der Waals surface area contributed by atoms with E-state index in [0.29, 0.717) is 29.3 Å². The summed E-state index contributed by atoms with van der Waals surface area (Å²) in [7, 11) is 0. The number of rotatable bonds is 4. The van der Waals surface area contributed by atoms with Crippen LogP contribution in [0.3, 0.4) is 0 Å². The zero-order chi connectivity index (χ0) is 21.4. The van der Waals surface area contributed by atoms with Gasteiger partial charge < -0.3 is 4.74 Å². The molecule has 4 rings (SSSR count). The lowest BCUT2D eigenvalue weighted by molar-refractivity contribution is -0.133. The van der Waals surface area contributed by atoms with E-state index in [0.717, 1.165) is 5.56 Å². The third-order valence-corrected chi connectivity index (χ3v) is 8.47. The number of carbonyl (C=O) groups is 3. The fraction of sp³-hybridized carbons (Fsp3) is 0.318. The number of ether oxygens (including phenoxy) is 1. The zero-order valence-corrected chi connectivity index (χ0v) is 19.7. The molecule has 2 aromatic carbocycles. The predicted molar refractivity (Wildman–Crippen MR) is 121 cm³/mol. The smallest absolute Gasteiger partial charge is 0.315 e. The van der Waals surface area contributed by atoms with Gasteiger partial charge in [0, 0.05) is 20.7 Å². The lowest BCUT2D eigenvalue weighted by atomic mass is 9.81. The molecule has 2 amide bonds. The molecule has 1 saturated carbocycles. The molecule has 4 unspecified atom stereocenters. The number of anilines is 1. The summed E-state index contributed by atoms with van der Waals surface area (Å²) in [5.74, 6) is -1.19. The van der Waals surface area contributed by atoms with Crippen molar-refractivity contribution in [2.24, 2.45) is 11.8 Å². The average molecular weight is 556 g/mol. The van der Waals surface area contributed by atoms with E-state index in [-0.39, 0.29) is 39.7 Å². The minimum Gasteiger partial charge on any atom is -0.426 e. The highest BCUT2D eigenvalue weighted by Gasteiger charge is 2.52. The number of imide groups is 1. The minimum atomic E-state index is -0.438. The van der Waals surface area contributed by atoms with Crippen molar-refractivity contribution < 1.29 is 19.1 Å². The fourth-order valence-electron chi connectivity index (χ4n) is 3.97. The number of hydrogen-bond acceptors (Lipinski definition) is 4. The highest BCUT2D eigenvalue weighted by Crippen LogP contribution is 2.44. The van der Waals surface area contributed by atoms with Crippen LogP contribution >= 0.6 is 43.5 Å². The largest absolute Gasteiger partial charge is 0.426 e. The van der Waals surface area contributed by atoms with Crippen molar-refractivity contribution in [3.05, 3.63) is 59.1 Å². The molecule has 0 aromatic heterocycles. The second kappa shape index (κ2) is 8.81. The maximum absolute atomic E-state index is 13.0. The van der Waals surface area contributed by atoms with Crippen LogP contribution in [0.2, 0.25) is 5.02 Å². The van der Waals surface area contributed by atoms with Gasteiger partial charge in [-0.2, -0.15) is 0 Å². The number of hydrogen-bond donors (Lipinski definition) is 0. The molecule has 1 aliphatic carbocycles. The Kier molecular flexibility index (Phi) is 6.32. The Morgan fingerprint density at radius 1 is 1.00 bits per heavy atom. The molecular weight excluding hydrogens is 538 g/mol. The number of halogens is 3. The highest BCUT2D eigenvalue weighted by molar-refractivity contribution is 9.12. The highest BCUT2D eigenvalue weighted by atomic mass is 79.9. The molecule has 2 aliphatic rings. The molecule has 1 aliphatic heterocycles. The Bertz CT molecular complexity index is 969. The first-order chi connectivity index (χ1) is 14.3. The van der Waals surface area contributed by atoms with Crippen LogP contribution in [0.5, 0.6) is 5.75 Å². The van der Waals surface area contributed by atoms with E-state index in [4.69, 9.17) is 16.3 Å². The van der Waals surface area contributed by atoms with Gasteiger partial charge >= 0.3 is 5.97 Å². The maximum atomic E-state index is 13.0. The van der Waals surface area contributed by atoms with Crippen molar-refractivity contribution >= 4 is 66.9 Å². The second-order valence-corrected chi connectivity index (χ2v) is 10.3. The molecule has 0 spiro atoms. The van der Waals surface area contributed by atoms with Gasteiger partial charge in [0.25, 0.3) is 0 Å². The molecular formula is C22H18Br2ClNO4. The van der Waals surface area contributed by atoms with Gasteiger partial charge in [-0.3, -0.25) is 14.4 Å². The van der Waals surface area contributed by atoms with Crippen molar-refractivity contribution in [3.63, 3.8) is 0 Å². The quantitative estimate of drug-likeness (QED) is 0.233. The van der Waals surface area contributed by atoms with Crippen LogP contribution in [0, 0.1) is 11.8 Å². The minimum absolute atomic E-state index is 0.0897. The van der Waals surface area contributed by atoms with Crippen LogP contribution in [0.25, 0.3) is 0 Å². The summed E-state index contributed by atoms with van der Waals surface area (Å²) < 4.78 is 5.44. The van der Waals surface area contributed by atoms with E-state index in [2.05, 4.69) is 31.9 Å². The second-order valence-electron chi connectivity index (χ2n) is 7.50. The van der Waals surface area contributed by atoms with E-state index >= 15 is 0 Å². The summed E-state index contributed by atoms with van der Waals surface area (Å²) in [4.78, 5) is 39.7. The van der Waals surface area contributed by atoms with Gasteiger partial charge in [0.05, 0.1) is 23.9 Å². The van der Waals surface area contributed by atoms with Crippen LogP contribution in [0.4, 0.5) is 5.69 Å². The van der Waals surface area contributed by atoms with E-state index < -0.39 is 5.97 Å². The summed E-state index contributed by atoms with van der Waals surface area (Å²) in [6.45, 7) is 0. The van der Waals surface area contributed by atoms with Crippen LogP contribution in [0.1, 0.15) is 18.4 Å². The zero-order valence-electron chi connectivity index (χ0n) is 15.8. The molecule has 1 heterocycles. The Balaban J connectivity index is 1.49. The number of carbonyl (C=O) groups excluding carboxylic acids is 3. The van der Waals surface area contributed by atoms with E-state index in [1.54, 1.807) is 48.5 Å². The molecule has 0 radical (unpaired) electrons. The lowest BCUT2D eigenvalue weighted by Crippen LogP contribution is -2.34. The van der Waals surface area contributed by atoms with Crippen molar-refractivity contribution in [2.45, 2.75) is 28.9 Å². The topological polar surface area (TPSA) is 63.7 Å². The maximum Gasteiger partial charge on any atom is 0.315 e. The van der Waals surface area contributed by atoms with Gasteiger partial charge in [-0.1, -0.05) is 61.7 Å². The number of nitrogens with zero attached hydrogens (tertiary/aromatic N) is 1. The molecule has 2 aromatic rings. The first-order valence-corrected chi connectivity index (χ1v) is 11.8. The molecule has 0 N–H and O–H groups in total. The van der Waals surface area contributed by atoms with Crippen LogP contribution in [-0.2, 0) is 20.8 Å². The van der Waals surface area contributed by atoms with E-state index in [1.807, 2.05) is 0 Å². The normalized spacial score (nSPS) is 25.9.